The Balaban J connectivity index is 1.84. The number of primary amides is 1. The van der Waals surface area contributed by atoms with Crippen LogP contribution in [0.4, 0.5) is 0 Å². The predicted molar refractivity (Wildman–Crippen MR) is 108 cm³/mol. The van der Waals surface area contributed by atoms with Gasteiger partial charge in [-0.15, -0.1) is 11.3 Å². The van der Waals surface area contributed by atoms with Gasteiger partial charge in [0.2, 0.25) is 5.91 Å². The second kappa shape index (κ2) is 8.59. The summed E-state index contributed by atoms with van der Waals surface area (Å²) in [6.07, 6.45) is 2.52. The monoisotopic (exact) mass is 407 g/mol. The molecule has 0 unspecified atom stereocenters. The summed E-state index contributed by atoms with van der Waals surface area (Å²) >= 11 is 1.48. The molecule has 3 heterocycles. The molecule has 2 aromatic heterocycles. The number of nitrogens with zero attached hydrogens (tertiary/aromatic N) is 3. The van der Waals surface area contributed by atoms with E-state index < -0.39 is 6.04 Å². The molecule has 3 rings (SSSR count). The highest BCUT2D eigenvalue weighted by Gasteiger charge is 2.30. The Hall–Kier alpha value is -1.97. The van der Waals surface area contributed by atoms with Crippen LogP contribution in [0.3, 0.4) is 0 Å². The number of hydrogen-bond acceptors (Lipinski definition) is 6. The molecule has 0 saturated carbocycles. The number of imidazole rings is 1. The van der Waals surface area contributed by atoms with Gasteiger partial charge < -0.3 is 20.7 Å². The smallest absolute Gasteiger partial charge is 0.274 e. The summed E-state index contributed by atoms with van der Waals surface area (Å²) in [5.74, 6) is -0.160. The molecule has 1 aliphatic heterocycles. The Morgan fingerprint density at radius 2 is 2.04 bits per heavy atom. The molecule has 0 spiro atoms. The number of rotatable bonds is 7. The second-order valence-electron chi connectivity index (χ2n) is 7.90. The molecular weight excluding hydrogens is 378 g/mol. The van der Waals surface area contributed by atoms with Crippen LogP contribution < -0.4 is 11.1 Å². The zero-order valence-electron chi connectivity index (χ0n) is 16.8. The van der Waals surface area contributed by atoms with Crippen molar-refractivity contribution >= 4 is 28.1 Å². The average Bonchev–Trinajstić information content (AvgIpc) is 3.18. The van der Waals surface area contributed by atoms with Gasteiger partial charge >= 0.3 is 0 Å². The van der Waals surface area contributed by atoms with E-state index in [0.717, 1.165) is 10.7 Å². The number of nitrogens with two attached hydrogens (primary N) is 1. The van der Waals surface area contributed by atoms with Crippen molar-refractivity contribution in [2.24, 2.45) is 11.7 Å². The molecule has 0 aromatic carbocycles. The summed E-state index contributed by atoms with van der Waals surface area (Å²) in [6.45, 7) is 9.44. The van der Waals surface area contributed by atoms with E-state index in [9.17, 15) is 9.59 Å². The molecule has 0 radical (unpaired) electrons. The van der Waals surface area contributed by atoms with Crippen LogP contribution in [0.1, 0.15) is 50.3 Å². The van der Waals surface area contributed by atoms with E-state index in [1.807, 2.05) is 43.7 Å². The van der Waals surface area contributed by atoms with Crippen molar-refractivity contribution in [1.29, 1.82) is 0 Å². The van der Waals surface area contributed by atoms with Gasteiger partial charge in [0.1, 0.15) is 0 Å². The first-order valence-electron chi connectivity index (χ1n) is 9.68. The first kappa shape index (κ1) is 20.8. The number of morpholine rings is 1. The van der Waals surface area contributed by atoms with Gasteiger partial charge in [-0.3, -0.25) is 14.0 Å². The normalized spacial score (nSPS) is 21.4. The van der Waals surface area contributed by atoms with Crippen LogP contribution in [0.5, 0.6) is 0 Å². The van der Waals surface area contributed by atoms with Crippen LogP contribution in [-0.4, -0.2) is 57.4 Å². The molecule has 0 bridgehead atoms. The standard InChI is InChI=1S/C19H29N5O3S/c1-11(2)7-14(17(20)25)21-8-15-16(22-19-24(15)5-6-28-19)18(26)23-9-12(3)27-13(4)10-23/h5-6,11-14,21H,7-10H2,1-4H3,(H2,20,25)/t12-,13+,14-/m0/s1. The number of carbonyl (C=O) groups is 2. The minimum Gasteiger partial charge on any atom is -0.372 e. The molecule has 28 heavy (non-hydrogen) atoms. The van der Waals surface area contributed by atoms with Gasteiger partial charge in [-0.25, -0.2) is 4.98 Å². The first-order chi connectivity index (χ1) is 13.3. The lowest BCUT2D eigenvalue weighted by Gasteiger charge is -2.35. The van der Waals surface area contributed by atoms with Gasteiger partial charge in [-0.1, -0.05) is 13.8 Å². The van der Waals surface area contributed by atoms with E-state index in [1.165, 1.54) is 11.3 Å². The fourth-order valence-corrected chi connectivity index (χ4v) is 4.39. The summed E-state index contributed by atoms with van der Waals surface area (Å²) < 4.78 is 7.65. The number of ether oxygens (including phenoxy) is 1. The van der Waals surface area contributed by atoms with Crippen molar-refractivity contribution in [3.8, 4) is 0 Å². The van der Waals surface area contributed by atoms with Crippen LogP contribution in [0.2, 0.25) is 0 Å². The molecule has 1 fully saturated rings. The minimum absolute atomic E-state index is 0.0108. The van der Waals surface area contributed by atoms with E-state index in [-0.39, 0.29) is 24.0 Å². The summed E-state index contributed by atoms with van der Waals surface area (Å²) in [6, 6.07) is -0.449. The average molecular weight is 408 g/mol. The number of nitrogens with one attached hydrogen (secondary N) is 1. The summed E-state index contributed by atoms with van der Waals surface area (Å²) in [5.41, 5.74) is 6.73. The van der Waals surface area contributed by atoms with Crippen LogP contribution in [-0.2, 0) is 16.1 Å². The summed E-state index contributed by atoms with van der Waals surface area (Å²) in [5, 5.41) is 5.15. The number of fused-ring (bicyclic) bond motifs is 1. The third-order valence-corrected chi connectivity index (χ3v) is 5.59. The Labute approximate surface area is 169 Å². The van der Waals surface area contributed by atoms with Crippen molar-refractivity contribution in [3.63, 3.8) is 0 Å². The highest BCUT2D eigenvalue weighted by Crippen LogP contribution is 2.21. The molecule has 1 aliphatic rings. The molecular formula is C19H29N5O3S. The quantitative estimate of drug-likeness (QED) is 0.726. The van der Waals surface area contributed by atoms with Gasteiger partial charge in [0.05, 0.1) is 23.9 Å². The maximum Gasteiger partial charge on any atom is 0.274 e. The Morgan fingerprint density at radius 3 is 2.64 bits per heavy atom. The Morgan fingerprint density at radius 1 is 1.36 bits per heavy atom. The number of hydrogen-bond donors (Lipinski definition) is 2. The van der Waals surface area contributed by atoms with E-state index in [4.69, 9.17) is 10.5 Å². The molecule has 0 aliphatic carbocycles. The lowest BCUT2D eigenvalue weighted by molar-refractivity contribution is -0.120. The van der Waals surface area contributed by atoms with Crippen molar-refractivity contribution in [2.75, 3.05) is 13.1 Å². The van der Waals surface area contributed by atoms with Crippen molar-refractivity contribution in [3.05, 3.63) is 23.0 Å². The number of aromatic nitrogens is 2. The first-order valence-corrected chi connectivity index (χ1v) is 10.6. The summed E-state index contributed by atoms with van der Waals surface area (Å²) in [7, 11) is 0. The highest BCUT2D eigenvalue weighted by atomic mass is 32.1. The lowest BCUT2D eigenvalue weighted by atomic mass is 10.0. The Kier molecular flexibility index (Phi) is 6.36. The zero-order valence-corrected chi connectivity index (χ0v) is 17.7. The number of carbonyl (C=O) groups excluding carboxylic acids is 2. The molecule has 9 heteroatoms. The van der Waals surface area contributed by atoms with Crippen LogP contribution in [0.25, 0.3) is 4.96 Å². The van der Waals surface area contributed by atoms with Crippen LogP contribution >= 0.6 is 11.3 Å². The van der Waals surface area contributed by atoms with Crippen molar-refractivity contribution in [2.45, 2.75) is 58.9 Å². The van der Waals surface area contributed by atoms with Gasteiger partial charge in [0.25, 0.3) is 5.91 Å². The van der Waals surface area contributed by atoms with Gasteiger partial charge in [0.15, 0.2) is 10.7 Å². The zero-order chi connectivity index (χ0) is 20.4. The van der Waals surface area contributed by atoms with E-state index in [1.54, 1.807) is 4.90 Å². The second-order valence-corrected chi connectivity index (χ2v) is 8.77. The maximum atomic E-state index is 13.2. The third kappa shape index (κ3) is 4.53. The molecule has 2 aromatic rings. The number of amides is 2. The third-order valence-electron chi connectivity index (χ3n) is 4.84. The topological polar surface area (TPSA) is 102 Å². The molecule has 154 valence electrons. The molecule has 1 saturated heterocycles. The van der Waals surface area contributed by atoms with Crippen molar-refractivity contribution in [1.82, 2.24) is 19.6 Å². The summed E-state index contributed by atoms with van der Waals surface area (Å²) in [4.78, 5) is 32.1. The molecule has 8 nitrogen and oxygen atoms in total. The molecule has 3 atom stereocenters. The van der Waals surface area contributed by atoms with Crippen LogP contribution in [0, 0.1) is 5.92 Å². The molecule has 2 amide bonds. The minimum atomic E-state index is -0.449. The highest BCUT2D eigenvalue weighted by molar-refractivity contribution is 7.15. The molecule has 3 N–H and O–H groups in total. The fourth-order valence-electron chi connectivity index (χ4n) is 3.66. The SMILES string of the molecule is CC(C)C[C@H](NCc1c(C(=O)N2C[C@@H](C)O[C@@H](C)C2)nc2sccn12)C(N)=O. The van der Waals surface area contributed by atoms with Crippen molar-refractivity contribution < 1.29 is 14.3 Å². The van der Waals surface area contributed by atoms with E-state index in [0.29, 0.717) is 37.7 Å². The van der Waals surface area contributed by atoms with Gasteiger partial charge in [0, 0.05) is 31.2 Å². The van der Waals surface area contributed by atoms with E-state index >= 15 is 0 Å². The fraction of sp³-hybridized carbons (Fsp3) is 0.632. The number of thiazole rings is 1. The van der Waals surface area contributed by atoms with Crippen LogP contribution in [0.15, 0.2) is 11.6 Å². The largest absolute Gasteiger partial charge is 0.372 e. The van der Waals surface area contributed by atoms with E-state index in [2.05, 4.69) is 10.3 Å². The van der Waals surface area contributed by atoms with Gasteiger partial charge in [-0.2, -0.15) is 0 Å². The predicted octanol–water partition coefficient (Wildman–Crippen LogP) is 1.63. The van der Waals surface area contributed by atoms with Gasteiger partial charge in [-0.05, 0) is 26.2 Å². The Bertz CT molecular complexity index is 836. The lowest BCUT2D eigenvalue weighted by Crippen LogP contribution is -2.48. The maximum absolute atomic E-state index is 13.2.